The largest absolute Gasteiger partial charge is 0 e. The minimum Gasteiger partial charge on any atom is 0 e. The molecule has 1 aliphatic rings. The van der Waals surface area contributed by atoms with Crippen LogP contribution >= 0.6 is 0 Å². The van der Waals surface area contributed by atoms with E-state index in [2.05, 4.69) is 24.7 Å². The predicted octanol–water partition coefficient (Wildman–Crippen LogP) is 1.23. The summed E-state index contributed by atoms with van der Waals surface area (Å²) < 4.78 is 27.0. The predicted molar refractivity (Wildman–Crippen MR) is 53.5 cm³/mol. The summed E-state index contributed by atoms with van der Waals surface area (Å²) in [5.74, 6) is 1.04. The third kappa shape index (κ3) is 17.6. The smallest absolute Gasteiger partial charge is 0 e. The third-order valence-electron chi connectivity index (χ3n) is 1.58. The molecular weight excluding hydrogens is 279 g/mol. The van der Waals surface area contributed by atoms with Crippen molar-refractivity contribution in [2.75, 3.05) is 7.11 Å². The maximum Gasteiger partial charge on any atom is 0 e. The molecule has 1 saturated carbocycles. The first kappa shape index (κ1) is 25.9. The fourth-order valence-electron chi connectivity index (χ4n) is 0.929. The van der Waals surface area contributed by atoms with Gasteiger partial charge < -0.3 is 4.74 Å². The van der Waals surface area contributed by atoms with Crippen molar-refractivity contribution in [1.82, 2.24) is 0 Å². The second-order valence-electron chi connectivity index (χ2n) is 2.37. The van der Waals surface area contributed by atoms with Gasteiger partial charge in [-0.2, -0.15) is 0 Å². The molecule has 96 valence electrons. The SMILES string of the molecule is COC(=O)CC[C]1[CH][CH][CH][CH]1.[C-]#[O+].[C-]#[O+].[C-]#[O+].[Mn]. The number of hydrogen-bond donors (Lipinski definition) is 0. The van der Waals surface area contributed by atoms with Crippen LogP contribution in [-0.2, 0) is 40.6 Å². The first-order chi connectivity index (χ1) is 8.33. The summed E-state index contributed by atoms with van der Waals surface area (Å²) in [5, 5.41) is 0. The Morgan fingerprint density at radius 1 is 1.11 bits per heavy atom. The molecule has 18 heavy (non-hydrogen) atoms. The minimum atomic E-state index is -0.147. The standard InChI is InChI=1S/C9H11O2.3CO.Mn/c1-11-9(10)7-6-8-4-2-3-5-8;3*1-2;/h2-5H,6-7H2,1H3;;;;. The van der Waals surface area contributed by atoms with Crippen molar-refractivity contribution in [2.24, 2.45) is 0 Å². The second kappa shape index (κ2) is 25.2. The number of rotatable bonds is 3. The third-order valence-corrected chi connectivity index (χ3v) is 1.58. The van der Waals surface area contributed by atoms with Crippen LogP contribution in [0, 0.1) is 51.6 Å². The average Bonchev–Trinajstić information content (AvgIpc) is 2.96. The number of carbonyl (C=O) groups is 1. The number of carbonyl (C=O) groups excluding carboxylic acids is 1. The molecule has 1 fully saturated rings. The zero-order valence-electron chi connectivity index (χ0n) is 9.64. The zero-order chi connectivity index (χ0) is 14.1. The van der Waals surface area contributed by atoms with Gasteiger partial charge in [-0.15, -0.1) is 0 Å². The number of methoxy groups -OCH3 is 1. The molecule has 0 N–H and O–H groups in total. The van der Waals surface area contributed by atoms with E-state index < -0.39 is 0 Å². The molecule has 1 rings (SSSR count). The van der Waals surface area contributed by atoms with E-state index >= 15 is 0 Å². The molecule has 0 aromatic heterocycles. The number of esters is 1. The van der Waals surface area contributed by atoms with Gasteiger partial charge in [0.1, 0.15) is 0 Å². The van der Waals surface area contributed by atoms with Crippen molar-refractivity contribution in [1.29, 1.82) is 0 Å². The Morgan fingerprint density at radius 3 is 1.83 bits per heavy atom. The normalized spacial score (nSPS) is 11.7. The molecule has 0 atom stereocenters. The van der Waals surface area contributed by atoms with Gasteiger partial charge in [-0.05, 0) is 38.0 Å². The van der Waals surface area contributed by atoms with Crippen LogP contribution < -0.4 is 0 Å². The van der Waals surface area contributed by atoms with Gasteiger partial charge in [0.15, 0.2) is 0 Å². The van der Waals surface area contributed by atoms with Crippen molar-refractivity contribution < 1.29 is 40.6 Å². The van der Waals surface area contributed by atoms with E-state index in [4.69, 9.17) is 14.0 Å². The Balaban J connectivity index is -0.000000123. The van der Waals surface area contributed by atoms with Crippen LogP contribution in [0.25, 0.3) is 0 Å². The summed E-state index contributed by atoms with van der Waals surface area (Å²) in [7, 11) is 1.41. The van der Waals surface area contributed by atoms with Crippen LogP contribution in [-0.4, -0.2) is 13.1 Å². The molecule has 0 saturated heterocycles. The van der Waals surface area contributed by atoms with Gasteiger partial charge in [0, 0.05) is 23.5 Å². The maximum atomic E-state index is 10.7. The Morgan fingerprint density at radius 2 is 1.50 bits per heavy atom. The molecule has 0 aromatic rings. The Bertz CT molecular complexity index is 214. The van der Waals surface area contributed by atoms with E-state index in [1.807, 2.05) is 25.7 Å². The summed E-state index contributed by atoms with van der Waals surface area (Å²) in [6.07, 6.45) is 9.19. The van der Waals surface area contributed by atoms with Gasteiger partial charge in [-0.3, -0.25) is 4.79 Å². The molecular formula is C12H11MnO5. The molecule has 6 heteroatoms. The zero-order valence-corrected chi connectivity index (χ0v) is 10.8. The van der Waals surface area contributed by atoms with E-state index in [-0.39, 0.29) is 23.0 Å². The monoisotopic (exact) mass is 290 g/mol. The Labute approximate surface area is 118 Å². The number of hydrogen-bond acceptors (Lipinski definition) is 2. The van der Waals surface area contributed by atoms with Gasteiger partial charge in [-0.25, -0.2) is 0 Å². The fourth-order valence-corrected chi connectivity index (χ4v) is 0.929. The molecule has 0 spiro atoms. The van der Waals surface area contributed by atoms with Gasteiger partial charge in [0.05, 0.1) is 7.11 Å². The summed E-state index contributed by atoms with van der Waals surface area (Å²) in [6, 6.07) is 0. The van der Waals surface area contributed by atoms with E-state index in [9.17, 15) is 4.79 Å². The van der Waals surface area contributed by atoms with E-state index in [0.29, 0.717) is 6.42 Å². The molecule has 0 aromatic carbocycles. The van der Waals surface area contributed by atoms with E-state index in [0.717, 1.165) is 6.42 Å². The van der Waals surface area contributed by atoms with Crippen LogP contribution in [0.4, 0.5) is 0 Å². The van der Waals surface area contributed by atoms with Crippen molar-refractivity contribution in [3.05, 3.63) is 51.6 Å². The van der Waals surface area contributed by atoms with Gasteiger partial charge in [-0.1, -0.05) is 0 Å². The fraction of sp³-hybridized carbons (Fsp3) is 0.250. The summed E-state index contributed by atoms with van der Waals surface area (Å²) in [6.45, 7) is 13.5. The van der Waals surface area contributed by atoms with Crippen LogP contribution in [0.1, 0.15) is 12.8 Å². The minimum absolute atomic E-state index is 0. The Hall–Kier alpha value is -0.791. The molecule has 0 unspecified atom stereocenters. The van der Waals surface area contributed by atoms with Gasteiger partial charge in [0.25, 0.3) is 0 Å². The van der Waals surface area contributed by atoms with Crippen molar-refractivity contribution in [3.8, 4) is 0 Å². The molecule has 6 radical (unpaired) electrons. The summed E-state index contributed by atoms with van der Waals surface area (Å²) in [5.41, 5.74) is 0. The molecule has 0 amide bonds. The Kier molecular flexibility index (Phi) is 36.2. The van der Waals surface area contributed by atoms with Crippen LogP contribution in [0.15, 0.2) is 0 Å². The van der Waals surface area contributed by atoms with Gasteiger partial charge in [0.2, 0.25) is 0 Å². The summed E-state index contributed by atoms with van der Waals surface area (Å²) >= 11 is 0. The van der Waals surface area contributed by atoms with E-state index in [1.165, 1.54) is 13.0 Å². The number of ether oxygens (including phenoxy) is 1. The topological polar surface area (TPSA) is 86.0 Å². The average molecular weight is 290 g/mol. The quantitative estimate of drug-likeness (QED) is 0.339. The van der Waals surface area contributed by atoms with Gasteiger partial charge >= 0.3 is 39.9 Å². The molecule has 0 bridgehead atoms. The van der Waals surface area contributed by atoms with Crippen molar-refractivity contribution in [2.45, 2.75) is 12.8 Å². The van der Waals surface area contributed by atoms with Crippen LogP contribution in [0.2, 0.25) is 0 Å². The molecule has 0 aliphatic heterocycles. The molecule has 0 heterocycles. The van der Waals surface area contributed by atoms with E-state index in [1.54, 1.807) is 0 Å². The molecule has 5 nitrogen and oxygen atoms in total. The van der Waals surface area contributed by atoms with Crippen LogP contribution in [0.3, 0.4) is 0 Å². The van der Waals surface area contributed by atoms with Crippen molar-refractivity contribution in [3.63, 3.8) is 0 Å². The molecule has 1 aliphatic carbocycles. The first-order valence-corrected chi connectivity index (χ1v) is 4.21. The van der Waals surface area contributed by atoms with Crippen molar-refractivity contribution >= 4 is 5.97 Å². The summed E-state index contributed by atoms with van der Waals surface area (Å²) in [4.78, 5) is 10.7. The first-order valence-electron chi connectivity index (χ1n) is 4.21. The van der Waals surface area contributed by atoms with Crippen LogP contribution in [0.5, 0.6) is 0 Å². The second-order valence-corrected chi connectivity index (χ2v) is 2.37. The maximum absolute atomic E-state index is 10.7.